The normalized spacial score (nSPS) is 10.4. The molecule has 0 radical (unpaired) electrons. The highest BCUT2D eigenvalue weighted by Crippen LogP contribution is 2.22. The van der Waals surface area contributed by atoms with Crippen LogP contribution >= 0.6 is 0 Å². The largest absolute Gasteiger partial charge is 0.378 e. The number of anilines is 2. The molecule has 144 valence electrons. The van der Waals surface area contributed by atoms with Gasteiger partial charge in [0.05, 0.1) is 13.2 Å². The Kier molecular flexibility index (Phi) is 8.66. The third-order valence-corrected chi connectivity index (χ3v) is 4.77. The first-order valence-corrected chi connectivity index (χ1v) is 9.75. The molecule has 0 fully saturated rings. The highest BCUT2D eigenvalue weighted by molar-refractivity contribution is 5.67. The SMILES string of the molecule is C=Cc1ccccc1N(CC)CCOCCN(CC)c1ccccc1C=C. The number of benzene rings is 2. The minimum absolute atomic E-state index is 0.708. The van der Waals surface area contributed by atoms with Gasteiger partial charge in [-0.2, -0.15) is 0 Å². The lowest BCUT2D eigenvalue weighted by Gasteiger charge is -2.26. The predicted molar refractivity (Wildman–Crippen MR) is 120 cm³/mol. The highest BCUT2D eigenvalue weighted by Gasteiger charge is 2.09. The van der Waals surface area contributed by atoms with Gasteiger partial charge in [-0.1, -0.05) is 61.7 Å². The minimum atomic E-state index is 0.708. The fourth-order valence-corrected chi connectivity index (χ4v) is 3.25. The molecule has 0 aromatic heterocycles. The molecular weight excluding hydrogens is 332 g/mol. The van der Waals surface area contributed by atoms with E-state index in [1.54, 1.807) is 0 Å². The molecule has 0 amide bonds. The Morgan fingerprint density at radius 2 is 1.15 bits per heavy atom. The Labute approximate surface area is 164 Å². The fraction of sp³-hybridized carbons (Fsp3) is 0.333. The van der Waals surface area contributed by atoms with Crippen molar-refractivity contribution >= 4 is 23.5 Å². The van der Waals surface area contributed by atoms with E-state index in [-0.39, 0.29) is 0 Å². The van der Waals surface area contributed by atoms with E-state index in [0.29, 0.717) is 13.2 Å². The summed E-state index contributed by atoms with van der Waals surface area (Å²) in [5, 5.41) is 0. The van der Waals surface area contributed by atoms with E-state index in [1.807, 2.05) is 24.3 Å². The maximum absolute atomic E-state index is 5.95. The van der Waals surface area contributed by atoms with Crippen LogP contribution in [0.1, 0.15) is 25.0 Å². The number of ether oxygens (including phenoxy) is 1. The van der Waals surface area contributed by atoms with Crippen molar-refractivity contribution in [3.05, 3.63) is 72.8 Å². The first-order valence-electron chi connectivity index (χ1n) is 9.75. The predicted octanol–water partition coefficient (Wildman–Crippen LogP) is 5.34. The van der Waals surface area contributed by atoms with Gasteiger partial charge in [-0.15, -0.1) is 0 Å². The van der Waals surface area contributed by atoms with Crippen LogP contribution in [0.25, 0.3) is 12.2 Å². The summed E-state index contributed by atoms with van der Waals surface area (Å²) >= 11 is 0. The smallest absolute Gasteiger partial charge is 0.0642 e. The lowest BCUT2D eigenvalue weighted by molar-refractivity contribution is 0.146. The van der Waals surface area contributed by atoms with Crippen molar-refractivity contribution in [2.24, 2.45) is 0 Å². The second-order valence-corrected chi connectivity index (χ2v) is 6.30. The topological polar surface area (TPSA) is 15.7 Å². The van der Waals surface area contributed by atoms with Crippen molar-refractivity contribution in [3.63, 3.8) is 0 Å². The summed E-state index contributed by atoms with van der Waals surface area (Å²) in [6.07, 6.45) is 3.82. The van der Waals surface area contributed by atoms with Gasteiger partial charge in [-0.25, -0.2) is 0 Å². The number of rotatable bonds is 12. The lowest BCUT2D eigenvalue weighted by Crippen LogP contribution is -2.31. The van der Waals surface area contributed by atoms with Crippen LogP contribution in [0.4, 0.5) is 11.4 Å². The van der Waals surface area contributed by atoms with Crippen molar-refractivity contribution in [2.75, 3.05) is 49.2 Å². The molecule has 0 heterocycles. The number of hydrogen-bond acceptors (Lipinski definition) is 3. The third kappa shape index (κ3) is 5.73. The molecule has 3 heteroatoms. The zero-order valence-corrected chi connectivity index (χ0v) is 16.7. The number of para-hydroxylation sites is 2. The summed E-state index contributed by atoms with van der Waals surface area (Å²) < 4.78 is 5.95. The molecule has 2 aromatic carbocycles. The average Bonchev–Trinajstić information content (AvgIpc) is 2.73. The van der Waals surface area contributed by atoms with Crippen molar-refractivity contribution in [1.29, 1.82) is 0 Å². The summed E-state index contributed by atoms with van der Waals surface area (Å²) in [6, 6.07) is 16.7. The molecule has 2 aromatic rings. The minimum Gasteiger partial charge on any atom is -0.378 e. The maximum Gasteiger partial charge on any atom is 0.0642 e. The fourth-order valence-electron chi connectivity index (χ4n) is 3.25. The van der Waals surface area contributed by atoms with Crippen LogP contribution in [0.15, 0.2) is 61.7 Å². The molecule has 0 N–H and O–H groups in total. The molecule has 27 heavy (non-hydrogen) atoms. The molecule has 0 bridgehead atoms. The second kappa shape index (κ2) is 11.2. The Morgan fingerprint density at radius 3 is 1.52 bits per heavy atom. The summed E-state index contributed by atoms with van der Waals surface area (Å²) in [4.78, 5) is 4.67. The van der Waals surface area contributed by atoms with E-state index in [0.717, 1.165) is 37.3 Å². The van der Waals surface area contributed by atoms with Gasteiger partial charge >= 0.3 is 0 Å². The monoisotopic (exact) mass is 364 g/mol. The van der Waals surface area contributed by atoms with E-state index in [9.17, 15) is 0 Å². The average molecular weight is 365 g/mol. The number of likely N-dealkylation sites (N-methyl/N-ethyl adjacent to an activating group) is 2. The molecule has 0 aliphatic carbocycles. The molecule has 0 aliphatic heterocycles. The summed E-state index contributed by atoms with van der Waals surface area (Å²) in [5.74, 6) is 0. The van der Waals surface area contributed by atoms with Crippen LogP contribution < -0.4 is 9.80 Å². The van der Waals surface area contributed by atoms with Crippen LogP contribution in [-0.4, -0.2) is 39.4 Å². The molecule has 0 atom stereocenters. The summed E-state index contributed by atoms with van der Waals surface area (Å²) in [5.41, 5.74) is 4.76. The molecule has 0 unspecified atom stereocenters. The van der Waals surface area contributed by atoms with Crippen LogP contribution in [0.2, 0.25) is 0 Å². The van der Waals surface area contributed by atoms with Crippen LogP contribution in [-0.2, 0) is 4.74 Å². The Bertz CT molecular complexity index is 664. The molecular formula is C24H32N2O. The van der Waals surface area contributed by atoms with E-state index in [1.165, 1.54) is 11.4 Å². The zero-order valence-electron chi connectivity index (χ0n) is 16.7. The first-order chi connectivity index (χ1) is 13.2. The zero-order chi connectivity index (χ0) is 19.5. The van der Waals surface area contributed by atoms with Crippen molar-refractivity contribution in [1.82, 2.24) is 0 Å². The van der Waals surface area contributed by atoms with Crippen LogP contribution in [0, 0.1) is 0 Å². The van der Waals surface area contributed by atoms with Gasteiger partial charge in [-0.3, -0.25) is 0 Å². The second-order valence-electron chi connectivity index (χ2n) is 6.30. The van der Waals surface area contributed by atoms with Crippen molar-refractivity contribution in [3.8, 4) is 0 Å². The Balaban J connectivity index is 1.85. The van der Waals surface area contributed by atoms with Crippen LogP contribution in [0.3, 0.4) is 0 Å². The molecule has 0 aliphatic rings. The molecule has 0 spiro atoms. The van der Waals surface area contributed by atoms with Gasteiger partial charge in [0, 0.05) is 37.6 Å². The van der Waals surface area contributed by atoms with Gasteiger partial charge < -0.3 is 14.5 Å². The third-order valence-electron chi connectivity index (χ3n) is 4.77. The quantitative estimate of drug-likeness (QED) is 0.473. The van der Waals surface area contributed by atoms with E-state index < -0.39 is 0 Å². The summed E-state index contributed by atoms with van der Waals surface area (Å²) in [6.45, 7) is 17.2. The Hall–Kier alpha value is -2.52. The lowest BCUT2D eigenvalue weighted by atomic mass is 10.1. The standard InChI is InChI=1S/C24H32N2O/c1-5-21-13-9-11-15-23(21)25(7-3)17-19-27-20-18-26(8-4)24-16-12-10-14-22(24)6-2/h5-6,9-16H,1-2,7-8,17-20H2,3-4H3. The van der Waals surface area contributed by atoms with Gasteiger partial charge in [0.2, 0.25) is 0 Å². The van der Waals surface area contributed by atoms with Gasteiger partial charge in [-0.05, 0) is 37.1 Å². The van der Waals surface area contributed by atoms with Crippen LogP contribution in [0.5, 0.6) is 0 Å². The van der Waals surface area contributed by atoms with Crippen molar-refractivity contribution in [2.45, 2.75) is 13.8 Å². The van der Waals surface area contributed by atoms with Crippen molar-refractivity contribution < 1.29 is 4.74 Å². The Morgan fingerprint density at radius 1 is 0.741 bits per heavy atom. The molecule has 3 nitrogen and oxygen atoms in total. The first kappa shape index (κ1) is 20.8. The number of nitrogens with zero attached hydrogens (tertiary/aromatic N) is 2. The van der Waals surface area contributed by atoms with Gasteiger partial charge in [0.25, 0.3) is 0 Å². The van der Waals surface area contributed by atoms with Gasteiger partial charge in [0.15, 0.2) is 0 Å². The van der Waals surface area contributed by atoms with E-state index in [2.05, 4.69) is 73.2 Å². The van der Waals surface area contributed by atoms with E-state index >= 15 is 0 Å². The highest BCUT2D eigenvalue weighted by atomic mass is 16.5. The van der Waals surface area contributed by atoms with Gasteiger partial charge in [0.1, 0.15) is 0 Å². The molecule has 0 saturated heterocycles. The van der Waals surface area contributed by atoms with E-state index in [4.69, 9.17) is 4.74 Å². The summed E-state index contributed by atoms with van der Waals surface area (Å²) in [7, 11) is 0. The maximum atomic E-state index is 5.95. The number of hydrogen-bond donors (Lipinski definition) is 0. The molecule has 0 saturated carbocycles. The molecule has 2 rings (SSSR count).